The summed E-state index contributed by atoms with van der Waals surface area (Å²) >= 11 is 0. The lowest BCUT2D eigenvalue weighted by atomic mass is 10.2. The van der Waals surface area contributed by atoms with Crippen LogP contribution in [0.15, 0.2) is 12.2 Å². The lowest BCUT2D eigenvalue weighted by Crippen LogP contribution is -2.31. The van der Waals surface area contributed by atoms with Gasteiger partial charge < -0.3 is 20.1 Å². The molecule has 0 aliphatic heterocycles. The highest BCUT2D eigenvalue weighted by Gasteiger charge is 2.23. The van der Waals surface area contributed by atoms with Gasteiger partial charge in [-0.15, -0.1) is 0 Å². The molecule has 0 aromatic rings. The van der Waals surface area contributed by atoms with Crippen molar-refractivity contribution in [3.05, 3.63) is 12.2 Å². The quantitative estimate of drug-likeness (QED) is 0.305. The average molecular weight is 190 g/mol. The number of carboxylic acid groups (broad SMARTS) is 1. The highest BCUT2D eigenvalue weighted by atomic mass is 16.8. The zero-order chi connectivity index (χ0) is 10.6. The normalized spacial score (nSPS) is 10.7. The summed E-state index contributed by atoms with van der Waals surface area (Å²) in [4.78, 5) is 20.9. The lowest BCUT2D eigenvalue weighted by molar-refractivity contribution is -0.305. The van der Waals surface area contributed by atoms with E-state index in [1.807, 2.05) is 0 Å². The molecule has 0 rings (SSSR count). The van der Waals surface area contributed by atoms with Crippen molar-refractivity contribution in [2.45, 2.75) is 19.3 Å². The molecule has 0 atom stereocenters. The van der Waals surface area contributed by atoms with E-state index >= 15 is 0 Å². The Hall–Kier alpha value is -1.40. The third kappa shape index (κ3) is 5.83. The van der Waals surface area contributed by atoms with Crippen molar-refractivity contribution < 1.29 is 29.6 Å². The predicted molar refractivity (Wildman–Crippen MR) is 40.3 cm³/mol. The maximum absolute atomic E-state index is 10.8. The summed E-state index contributed by atoms with van der Waals surface area (Å²) in [5.74, 6) is -5.02. The molecule has 0 aliphatic carbocycles. The van der Waals surface area contributed by atoms with Crippen molar-refractivity contribution in [1.82, 2.24) is 0 Å². The molecule has 0 fully saturated rings. The third-order valence-electron chi connectivity index (χ3n) is 0.939. The van der Waals surface area contributed by atoms with Crippen molar-refractivity contribution in [1.29, 1.82) is 0 Å². The van der Waals surface area contributed by atoms with Gasteiger partial charge in [0, 0.05) is 12.5 Å². The molecule has 0 amide bonds. The van der Waals surface area contributed by atoms with Crippen LogP contribution in [0.4, 0.5) is 0 Å². The van der Waals surface area contributed by atoms with Gasteiger partial charge in [-0.2, -0.15) is 0 Å². The topological polar surface area (TPSA) is 104 Å². The number of ether oxygens (including phenoxy) is 1. The van der Waals surface area contributed by atoms with Gasteiger partial charge in [0.25, 0.3) is 0 Å². The number of aliphatic carboxylic acids is 1. The van der Waals surface area contributed by atoms with E-state index in [4.69, 9.17) is 15.3 Å². The summed E-state index contributed by atoms with van der Waals surface area (Å²) in [5, 5.41) is 25.4. The molecule has 0 heterocycles. The number of rotatable bonds is 4. The van der Waals surface area contributed by atoms with Gasteiger partial charge in [0.2, 0.25) is 0 Å². The third-order valence-corrected chi connectivity index (χ3v) is 0.939. The number of hydrogen-bond acceptors (Lipinski definition) is 5. The van der Waals surface area contributed by atoms with E-state index in [9.17, 15) is 9.59 Å². The minimum Gasteiger partial charge on any atom is -0.481 e. The molecule has 6 heteroatoms. The van der Waals surface area contributed by atoms with E-state index in [0.717, 1.165) is 6.92 Å². The second-order valence-corrected chi connectivity index (χ2v) is 2.50. The Morgan fingerprint density at radius 1 is 1.46 bits per heavy atom. The maximum Gasteiger partial charge on any atom is 0.338 e. The number of esters is 1. The van der Waals surface area contributed by atoms with Crippen LogP contribution in [0.1, 0.15) is 13.3 Å². The number of carbonyl (C=O) groups excluding carboxylic acids is 1. The van der Waals surface area contributed by atoms with Crippen LogP contribution in [-0.2, 0) is 14.3 Å². The first-order valence-electron chi connectivity index (χ1n) is 3.30. The van der Waals surface area contributed by atoms with Crippen molar-refractivity contribution in [2.24, 2.45) is 0 Å². The summed E-state index contributed by atoms with van der Waals surface area (Å²) < 4.78 is 4.01. The Labute approximate surface area is 74.1 Å². The molecule has 0 aromatic carbocycles. The van der Waals surface area contributed by atoms with Crippen LogP contribution in [0, 0.1) is 0 Å². The number of carboxylic acids is 1. The zero-order valence-electron chi connectivity index (χ0n) is 6.98. The SMILES string of the molecule is C=C(CC(=O)O)C(=O)OC(C)(O)O. The Morgan fingerprint density at radius 3 is 2.23 bits per heavy atom. The summed E-state index contributed by atoms with van der Waals surface area (Å²) in [6.45, 7) is 3.92. The smallest absolute Gasteiger partial charge is 0.338 e. The molecule has 0 aliphatic rings. The van der Waals surface area contributed by atoms with Gasteiger partial charge >= 0.3 is 17.9 Å². The number of hydrogen-bond donors (Lipinski definition) is 3. The van der Waals surface area contributed by atoms with Gasteiger partial charge in [-0.1, -0.05) is 6.58 Å². The number of aliphatic hydroxyl groups is 2. The van der Waals surface area contributed by atoms with Gasteiger partial charge in [0.15, 0.2) is 0 Å². The van der Waals surface area contributed by atoms with Gasteiger partial charge in [-0.05, 0) is 0 Å². The fourth-order valence-corrected chi connectivity index (χ4v) is 0.502. The molecule has 0 unspecified atom stereocenters. The van der Waals surface area contributed by atoms with E-state index in [1.54, 1.807) is 0 Å². The van der Waals surface area contributed by atoms with Gasteiger partial charge in [-0.3, -0.25) is 4.79 Å². The molecule has 0 spiro atoms. The van der Waals surface area contributed by atoms with Crippen LogP contribution in [0.3, 0.4) is 0 Å². The summed E-state index contributed by atoms with van der Waals surface area (Å²) in [6, 6.07) is 0. The Bertz CT molecular complexity index is 236. The van der Waals surface area contributed by atoms with Crippen LogP contribution in [0.5, 0.6) is 0 Å². The van der Waals surface area contributed by atoms with Gasteiger partial charge in [0.05, 0.1) is 6.42 Å². The maximum atomic E-state index is 10.8. The monoisotopic (exact) mass is 190 g/mol. The fourth-order valence-electron chi connectivity index (χ4n) is 0.502. The highest BCUT2D eigenvalue weighted by molar-refractivity contribution is 5.92. The largest absolute Gasteiger partial charge is 0.481 e. The standard InChI is InChI=1S/C7H10O6/c1-4(3-5(8)9)6(10)13-7(2,11)12/h11-12H,1,3H2,2H3,(H,8,9). The summed E-state index contributed by atoms with van der Waals surface area (Å²) in [7, 11) is 0. The van der Waals surface area contributed by atoms with E-state index in [2.05, 4.69) is 11.3 Å². The van der Waals surface area contributed by atoms with Crippen LogP contribution < -0.4 is 0 Å². The van der Waals surface area contributed by atoms with E-state index in [1.165, 1.54) is 0 Å². The predicted octanol–water partition coefficient (Wildman–Crippen LogP) is -0.781. The van der Waals surface area contributed by atoms with Crippen LogP contribution in [0.2, 0.25) is 0 Å². The van der Waals surface area contributed by atoms with E-state index in [0.29, 0.717) is 0 Å². The minimum absolute atomic E-state index is 0.359. The van der Waals surface area contributed by atoms with Crippen molar-refractivity contribution in [3.63, 3.8) is 0 Å². The highest BCUT2D eigenvalue weighted by Crippen LogP contribution is 2.07. The van der Waals surface area contributed by atoms with Crippen molar-refractivity contribution in [2.75, 3.05) is 0 Å². The molecular formula is C7H10O6. The molecule has 0 bridgehead atoms. The second kappa shape index (κ2) is 4.01. The molecule has 0 radical (unpaired) electrons. The van der Waals surface area contributed by atoms with Crippen LogP contribution >= 0.6 is 0 Å². The molecule has 74 valence electrons. The van der Waals surface area contributed by atoms with Crippen LogP contribution in [-0.4, -0.2) is 33.2 Å². The van der Waals surface area contributed by atoms with E-state index < -0.39 is 24.3 Å². The molecular weight excluding hydrogens is 180 g/mol. The number of carbonyl (C=O) groups is 2. The minimum atomic E-state index is -2.61. The Balaban J connectivity index is 4.13. The Kier molecular flexibility index (Phi) is 3.58. The van der Waals surface area contributed by atoms with Gasteiger partial charge in [-0.25, -0.2) is 4.79 Å². The summed E-state index contributed by atoms with van der Waals surface area (Å²) in [5.41, 5.74) is -0.359. The zero-order valence-corrected chi connectivity index (χ0v) is 6.98. The molecule has 0 saturated heterocycles. The van der Waals surface area contributed by atoms with Gasteiger partial charge in [0.1, 0.15) is 0 Å². The molecule has 0 aromatic heterocycles. The second-order valence-electron chi connectivity index (χ2n) is 2.50. The fraction of sp³-hybridized carbons (Fsp3) is 0.429. The average Bonchev–Trinajstić information content (AvgIpc) is 1.81. The van der Waals surface area contributed by atoms with Crippen LogP contribution in [0.25, 0.3) is 0 Å². The Morgan fingerprint density at radius 2 is 1.92 bits per heavy atom. The van der Waals surface area contributed by atoms with Crippen molar-refractivity contribution >= 4 is 11.9 Å². The molecule has 6 nitrogen and oxygen atoms in total. The molecule has 3 N–H and O–H groups in total. The van der Waals surface area contributed by atoms with Crippen molar-refractivity contribution in [3.8, 4) is 0 Å². The first-order valence-corrected chi connectivity index (χ1v) is 3.30. The summed E-state index contributed by atoms with van der Waals surface area (Å²) in [6.07, 6.45) is -0.602. The van der Waals surface area contributed by atoms with E-state index in [-0.39, 0.29) is 5.57 Å². The first kappa shape index (κ1) is 11.6. The molecule has 13 heavy (non-hydrogen) atoms. The lowest BCUT2D eigenvalue weighted by Gasteiger charge is -2.16. The molecule has 0 saturated carbocycles. The first-order chi connectivity index (χ1) is 5.72.